The molecule has 1 aromatic rings. The predicted molar refractivity (Wildman–Crippen MR) is 70.7 cm³/mol. The highest BCUT2D eigenvalue weighted by Gasteiger charge is 2.18. The molecule has 0 atom stereocenters. The van der Waals surface area contributed by atoms with Crippen LogP contribution in [0.4, 0.5) is 0 Å². The summed E-state index contributed by atoms with van der Waals surface area (Å²) in [5.41, 5.74) is 1.54. The van der Waals surface area contributed by atoms with Gasteiger partial charge in [-0.25, -0.2) is 4.79 Å². The number of carbonyl (C=O) groups excluding carboxylic acids is 1. The summed E-state index contributed by atoms with van der Waals surface area (Å²) in [6.07, 6.45) is 0. The van der Waals surface area contributed by atoms with Crippen LogP contribution in [0.3, 0.4) is 0 Å². The summed E-state index contributed by atoms with van der Waals surface area (Å²) in [6.45, 7) is 6.28. The smallest absolute Gasteiger partial charge is 0.341 e. The van der Waals surface area contributed by atoms with E-state index in [1.54, 1.807) is 6.92 Å². The maximum Gasteiger partial charge on any atom is 0.341 e. The van der Waals surface area contributed by atoms with Gasteiger partial charge in [-0.1, -0.05) is 13.8 Å². The third-order valence-electron chi connectivity index (χ3n) is 2.43. The van der Waals surface area contributed by atoms with E-state index in [0.29, 0.717) is 23.8 Å². The molecule has 0 unspecified atom stereocenters. The molecular formula is C13H17BrO3. The van der Waals surface area contributed by atoms with Crippen molar-refractivity contribution in [1.82, 2.24) is 0 Å². The van der Waals surface area contributed by atoms with E-state index in [2.05, 4.69) is 29.8 Å². The van der Waals surface area contributed by atoms with Crippen LogP contribution in [0.25, 0.3) is 0 Å². The summed E-state index contributed by atoms with van der Waals surface area (Å²) in [6, 6.07) is 3.79. The molecule has 0 amide bonds. The summed E-state index contributed by atoms with van der Waals surface area (Å²) in [5, 5.41) is 0. The number of benzene rings is 1. The predicted octanol–water partition coefficient (Wildman–Crippen LogP) is 3.76. The van der Waals surface area contributed by atoms with E-state index >= 15 is 0 Å². The van der Waals surface area contributed by atoms with Crippen LogP contribution in [0.5, 0.6) is 5.75 Å². The molecule has 3 nitrogen and oxygen atoms in total. The average Bonchev–Trinajstić information content (AvgIpc) is 2.28. The zero-order valence-electron chi connectivity index (χ0n) is 10.5. The van der Waals surface area contributed by atoms with Crippen LogP contribution in [-0.4, -0.2) is 19.7 Å². The van der Waals surface area contributed by atoms with Gasteiger partial charge in [0.25, 0.3) is 0 Å². The maximum absolute atomic E-state index is 11.8. The molecule has 1 rings (SSSR count). The maximum atomic E-state index is 11.8. The van der Waals surface area contributed by atoms with Crippen LogP contribution in [0.1, 0.15) is 42.6 Å². The number of ether oxygens (including phenoxy) is 2. The minimum atomic E-state index is -0.354. The Balaban J connectivity index is 3.28. The summed E-state index contributed by atoms with van der Waals surface area (Å²) in [5.74, 6) is 0.505. The monoisotopic (exact) mass is 300 g/mol. The molecule has 0 heterocycles. The van der Waals surface area contributed by atoms with Crippen molar-refractivity contribution in [2.75, 3.05) is 13.7 Å². The van der Waals surface area contributed by atoms with Crippen LogP contribution in [-0.2, 0) is 4.74 Å². The number of esters is 1. The fourth-order valence-corrected chi connectivity index (χ4v) is 2.16. The van der Waals surface area contributed by atoms with E-state index in [0.717, 1.165) is 10.0 Å². The van der Waals surface area contributed by atoms with Gasteiger partial charge in [0.15, 0.2) is 0 Å². The number of hydrogen-bond donors (Lipinski definition) is 0. The van der Waals surface area contributed by atoms with Crippen LogP contribution in [0.15, 0.2) is 16.6 Å². The molecule has 0 aliphatic heterocycles. The fraction of sp³-hybridized carbons (Fsp3) is 0.462. The van der Waals surface area contributed by atoms with Crippen molar-refractivity contribution in [3.8, 4) is 5.75 Å². The molecule has 94 valence electrons. The molecular weight excluding hydrogens is 284 g/mol. The van der Waals surface area contributed by atoms with E-state index in [1.807, 2.05) is 12.1 Å². The highest BCUT2D eigenvalue weighted by atomic mass is 79.9. The van der Waals surface area contributed by atoms with E-state index in [9.17, 15) is 4.79 Å². The van der Waals surface area contributed by atoms with Crippen molar-refractivity contribution in [3.05, 3.63) is 27.7 Å². The fourth-order valence-electron chi connectivity index (χ4n) is 1.52. The first kappa shape index (κ1) is 14.0. The highest BCUT2D eigenvalue weighted by Crippen LogP contribution is 2.33. The van der Waals surface area contributed by atoms with Gasteiger partial charge in [-0.05, 0) is 46.5 Å². The summed E-state index contributed by atoms with van der Waals surface area (Å²) in [4.78, 5) is 11.8. The van der Waals surface area contributed by atoms with Gasteiger partial charge >= 0.3 is 5.97 Å². The molecule has 0 aromatic heterocycles. The van der Waals surface area contributed by atoms with Crippen molar-refractivity contribution in [2.45, 2.75) is 26.7 Å². The molecule has 0 spiro atoms. The van der Waals surface area contributed by atoms with Gasteiger partial charge in [0.05, 0.1) is 18.2 Å². The summed E-state index contributed by atoms with van der Waals surface area (Å²) < 4.78 is 11.0. The number of rotatable bonds is 4. The average molecular weight is 301 g/mol. The van der Waals surface area contributed by atoms with Crippen molar-refractivity contribution >= 4 is 21.9 Å². The molecule has 0 N–H and O–H groups in total. The van der Waals surface area contributed by atoms with Crippen LogP contribution in [0, 0.1) is 0 Å². The number of methoxy groups -OCH3 is 1. The first-order valence-corrected chi connectivity index (χ1v) is 6.35. The lowest BCUT2D eigenvalue weighted by atomic mass is 10.0. The van der Waals surface area contributed by atoms with Gasteiger partial charge in [-0.3, -0.25) is 0 Å². The second-order valence-corrected chi connectivity index (χ2v) is 4.81. The van der Waals surface area contributed by atoms with Crippen molar-refractivity contribution in [2.24, 2.45) is 0 Å². The van der Waals surface area contributed by atoms with Gasteiger partial charge in [0, 0.05) is 0 Å². The SMILES string of the molecule is CCOC(=O)c1cc(C(C)C)cc(Br)c1OC. The Morgan fingerprint density at radius 2 is 2.06 bits per heavy atom. The second kappa shape index (κ2) is 6.05. The van der Waals surface area contributed by atoms with Crippen LogP contribution in [0.2, 0.25) is 0 Å². The summed E-state index contributed by atoms with van der Waals surface area (Å²) in [7, 11) is 1.54. The van der Waals surface area contributed by atoms with Gasteiger partial charge in [-0.2, -0.15) is 0 Å². The molecule has 0 saturated heterocycles. The normalized spacial score (nSPS) is 10.5. The first-order chi connectivity index (χ1) is 8.01. The molecule has 0 saturated carbocycles. The van der Waals surface area contributed by atoms with Crippen molar-refractivity contribution < 1.29 is 14.3 Å². The lowest BCUT2D eigenvalue weighted by Crippen LogP contribution is -2.08. The van der Waals surface area contributed by atoms with Crippen molar-refractivity contribution in [1.29, 1.82) is 0 Å². The van der Waals surface area contributed by atoms with Gasteiger partial charge in [0.2, 0.25) is 0 Å². The molecule has 4 heteroatoms. The Hall–Kier alpha value is -1.03. The van der Waals surface area contributed by atoms with Crippen molar-refractivity contribution in [3.63, 3.8) is 0 Å². The van der Waals surface area contributed by atoms with E-state index in [-0.39, 0.29) is 5.97 Å². The molecule has 0 aliphatic rings. The Labute approximate surface area is 110 Å². The van der Waals surface area contributed by atoms with E-state index in [4.69, 9.17) is 9.47 Å². The van der Waals surface area contributed by atoms with Crippen LogP contribution < -0.4 is 4.74 Å². The Bertz CT molecular complexity index is 413. The number of hydrogen-bond acceptors (Lipinski definition) is 3. The minimum Gasteiger partial charge on any atom is -0.495 e. The standard InChI is InChI=1S/C13H17BrO3/c1-5-17-13(15)10-6-9(8(2)3)7-11(14)12(10)16-4/h6-8H,5H2,1-4H3. The number of halogens is 1. The second-order valence-electron chi connectivity index (χ2n) is 3.96. The summed E-state index contributed by atoms with van der Waals surface area (Å²) >= 11 is 3.41. The Morgan fingerprint density at radius 1 is 1.41 bits per heavy atom. The molecule has 1 aromatic carbocycles. The molecule has 17 heavy (non-hydrogen) atoms. The molecule has 0 bridgehead atoms. The lowest BCUT2D eigenvalue weighted by Gasteiger charge is -2.14. The third-order valence-corrected chi connectivity index (χ3v) is 3.02. The lowest BCUT2D eigenvalue weighted by molar-refractivity contribution is 0.0522. The zero-order valence-corrected chi connectivity index (χ0v) is 12.1. The number of carbonyl (C=O) groups is 1. The molecule has 0 fully saturated rings. The quantitative estimate of drug-likeness (QED) is 0.794. The Kier molecular flexibility index (Phi) is 5.00. The van der Waals surface area contributed by atoms with E-state index < -0.39 is 0 Å². The molecule has 0 radical (unpaired) electrons. The first-order valence-electron chi connectivity index (χ1n) is 5.55. The molecule has 0 aliphatic carbocycles. The highest BCUT2D eigenvalue weighted by molar-refractivity contribution is 9.10. The van der Waals surface area contributed by atoms with Gasteiger partial charge in [-0.15, -0.1) is 0 Å². The van der Waals surface area contributed by atoms with Gasteiger partial charge in [0.1, 0.15) is 11.3 Å². The largest absolute Gasteiger partial charge is 0.495 e. The van der Waals surface area contributed by atoms with E-state index in [1.165, 1.54) is 7.11 Å². The minimum absolute atomic E-state index is 0.338. The van der Waals surface area contributed by atoms with Crippen LogP contribution >= 0.6 is 15.9 Å². The Morgan fingerprint density at radius 3 is 2.53 bits per heavy atom. The third kappa shape index (κ3) is 3.22. The van der Waals surface area contributed by atoms with Gasteiger partial charge < -0.3 is 9.47 Å². The topological polar surface area (TPSA) is 35.5 Å². The zero-order chi connectivity index (χ0) is 13.0.